The van der Waals surface area contributed by atoms with Gasteiger partial charge in [-0.3, -0.25) is 0 Å². The standard InChI is InChI=1S/C18H16OSi.3H2O.Re/c19-20(16-10-4-1-5-11-16,17-12-6-2-7-13-17)18-14-8-3-9-15-18;;;;/h1-15,19H;3*1H2;. The molecule has 0 amide bonds. The van der Waals surface area contributed by atoms with E-state index in [9.17, 15) is 4.80 Å². The van der Waals surface area contributed by atoms with Gasteiger partial charge in [-0.15, -0.1) is 0 Å². The van der Waals surface area contributed by atoms with Gasteiger partial charge in [0.05, 0.1) is 0 Å². The van der Waals surface area contributed by atoms with Gasteiger partial charge in [-0.2, -0.15) is 0 Å². The molecule has 0 aromatic heterocycles. The van der Waals surface area contributed by atoms with Gasteiger partial charge in [-0.05, 0) is 15.6 Å². The van der Waals surface area contributed by atoms with E-state index < -0.39 is 8.32 Å². The molecule has 0 heterocycles. The van der Waals surface area contributed by atoms with E-state index in [1.807, 2.05) is 91.0 Å². The first kappa shape index (κ1) is 24.6. The van der Waals surface area contributed by atoms with Crippen molar-refractivity contribution in [2.45, 2.75) is 0 Å². The summed E-state index contributed by atoms with van der Waals surface area (Å²) in [4.78, 5) is 11.6. The van der Waals surface area contributed by atoms with Gasteiger partial charge < -0.3 is 21.2 Å². The Balaban J connectivity index is 0. The van der Waals surface area contributed by atoms with Crippen molar-refractivity contribution in [3.8, 4) is 0 Å². The number of hydrogen-bond donors (Lipinski definition) is 1. The van der Waals surface area contributed by atoms with Crippen LogP contribution in [0.1, 0.15) is 0 Å². The van der Waals surface area contributed by atoms with Crippen LogP contribution >= 0.6 is 0 Å². The van der Waals surface area contributed by atoms with Crippen molar-refractivity contribution in [2.24, 2.45) is 0 Å². The topological polar surface area (TPSA) is 115 Å². The average Bonchev–Trinajstić information content (AvgIpc) is 2.56. The SMILES string of the molecule is O.O.O.O[Si](c1ccccc1)(c1ccccc1)c1ccccc1.[Re]. The van der Waals surface area contributed by atoms with E-state index in [0.717, 1.165) is 15.6 Å². The zero-order valence-corrected chi connectivity index (χ0v) is 16.7. The quantitative estimate of drug-likeness (QED) is 0.355. The van der Waals surface area contributed by atoms with Crippen molar-refractivity contribution in [1.82, 2.24) is 0 Å². The van der Waals surface area contributed by atoms with Gasteiger partial charge >= 0.3 is 0 Å². The van der Waals surface area contributed by atoms with Gasteiger partial charge in [0.25, 0.3) is 8.32 Å². The molecule has 0 bridgehead atoms. The summed E-state index contributed by atoms with van der Waals surface area (Å²) in [5.41, 5.74) is 0. The normalized spacial score (nSPS) is 9.38. The van der Waals surface area contributed by atoms with Gasteiger partial charge in [-0.1, -0.05) is 91.0 Å². The zero-order valence-electron chi connectivity index (χ0n) is 13.0. The monoisotopic (exact) mass is 517 g/mol. The molecule has 0 aliphatic rings. The summed E-state index contributed by atoms with van der Waals surface area (Å²) >= 11 is 0. The first-order valence-corrected chi connectivity index (χ1v) is 8.65. The van der Waals surface area contributed by atoms with Crippen LogP contribution in [0.2, 0.25) is 0 Å². The third kappa shape index (κ3) is 4.69. The van der Waals surface area contributed by atoms with E-state index >= 15 is 0 Å². The van der Waals surface area contributed by atoms with Gasteiger partial charge in [-0.25, -0.2) is 0 Å². The predicted molar refractivity (Wildman–Crippen MR) is 97.0 cm³/mol. The molecule has 3 aromatic carbocycles. The Bertz CT molecular complexity index is 584. The van der Waals surface area contributed by atoms with E-state index in [-0.39, 0.29) is 36.9 Å². The molecular formula is C18H22O4ReSi. The molecule has 3 aromatic rings. The van der Waals surface area contributed by atoms with Crippen LogP contribution in [-0.2, 0) is 20.4 Å². The zero-order chi connectivity index (χ0) is 13.8. The Kier molecular flexibility index (Phi) is 11.3. The first-order chi connectivity index (χ1) is 9.82. The number of benzene rings is 3. The van der Waals surface area contributed by atoms with E-state index in [4.69, 9.17) is 0 Å². The van der Waals surface area contributed by atoms with Crippen LogP contribution < -0.4 is 15.6 Å². The minimum Gasteiger partial charge on any atom is -0.421 e. The van der Waals surface area contributed by atoms with Crippen LogP contribution in [0.3, 0.4) is 0 Å². The molecule has 0 saturated heterocycles. The second-order valence-corrected chi connectivity index (χ2v) is 7.96. The molecule has 1 radical (unpaired) electrons. The fourth-order valence-electron chi connectivity index (χ4n) is 2.54. The Morgan fingerprint density at radius 2 is 0.667 bits per heavy atom. The Morgan fingerprint density at radius 1 is 0.458 bits per heavy atom. The molecule has 4 nitrogen and oxygen atoms in total. The maximum atomic E-state index is 11.6. The minimum absolute atomic E-state index is 0. The largest absolute Gasteiger partial charge is 0.421 e. The smallest absolute Gasteiger partial charge is 0.285 e. The summed E-state index contributed by atoms with van der Waals surface area (Å²) in [6.07, 6.45) is 0. The van der Waals surface area contributed by atoms with Crippen molar-refractivity contribution in [3.05, 3.63) is 91.0 Å². The van der Waals surface area contributed by atoms with Crippen LogP contribution in [0.4, 0.5) is 0 Å². The molecule has 0 spiro atoms. The molecule has 3 rings (SSSR count). The van der Waals surface area contributed by atoms with Crippen LogP contribution in [0.5, 0.6) is 0 Å². The van der Waals surface area contributed by atoms with Crippen LogP contribution in [-0.4, -0.2) is 29.5 Å². The molecule has 7 N–H and O–H groups in total. The summed E-state index contributed by atoms with van der Waals surface area (Å²) in [6.45, 7) is 0. The van der Waals surface area contributed by atoms with Gasteiger partial charge in [0.1, 0.15) is 0 Å². The van der Waals surface area contributed by atoms with Crippen LogP contribution in [0.15, 0.2) is 91.0 Å². The van der Waals surface area contributed by atoms with E-state index in [1.54, 1.807) is 0 Å². The third-order valence-electron chi connectivity index (χ3n) is 3.57. The Hall–Kier alpha value is -1.62. The van der Waals surface area contributed by atoms with Gasteiger partial charge in [0.15, 0.2) is 0 Å². The molecule has 0 aliphatic carbocycles. The maximum Gasteiger partial charge on any atom is 0.285 e. The summed E-state index contributed by atoms with van der Waals surface area (Å²) in [6, 6.07) is 30.0. The van der Waals surface area contributed by atoms with E-state index in [1.165, 1.54) is 0 Å². The second kappa shape index (κ2) is 11.0. The van der Waals surface area contributed by atoms with Crippen molar-refractivity contribution < 1.29 is 41.6 Å². The maximum absolute atomic E-state index is 11.6. The molecule has 0 atom stereocenters. The molecule has 0 fully saturated rings. The predicted octanol–water partition coefficient (Wildman–Crippen LogP) is -0.831. The summed E-state index contributed by atoms with van der Waals surface area (Å²) in [7, 11) is -2.88. The summed E-state index contributed by atoms with van der Waals surface area (Å²) < 4.78 is 0. The summed E-state index contributed by atoms with van der Waals surface area (Å²) in [5.74, 6) is 0. The summed E-state index contributed by atoms with van der Waals surface area (Å²) in [5, 5.41) is 3.03. The van der Waals surface area contributed by atoms with Crippen molar-refractivity contribution in [1.29, 1.82) is 0 Å². The van der Waals surface area contributed by atoms with Crippen molar-refractivity contribution >= 4 is 23.9 Å². The molecule has 0 saturated carbocycles. The van der Waals surface area contributed by atoms with Gasteiger partial charge in [0.2, 0.25) is 0 Å². The number of rotatable bonds is 3. The molecule has 0 aliphatic heterocycles. The fourth-order valence-corrected chi connectivity index (χ4v) is 5.56. The second-order valence-electron chi connectivity index (χ2n) is 4.81. The third-order valence-corrected chi connectivity index (χ3v) is 7.08. The molecule has 129 valence electrons. The number of hydrogen-bond acceptors (Lipinski definition) is 1. The minimum atomic E-state index is -2.88. The fraction of sp³-hybridized carbons (Fsp3) is 0. The average molecular weight is 517 g/mol. The molecule has 0 unspecified atom stereocenters. The van der Waals surface area contributed by atoms with Crippen LogP contribution in [0, 0.1) is 0 Å². The van der Waals surface area contributed by atoms with Crippen molar-refractivity contribution in [3.63, 3.8) is 0 Å². The van der Waals surface area contributed by atoms with E-state index in [0.29, 0.717) is 0 Å². The van der Waals surface area contributed by atoms with Gasteiger partial charge in [0, 0.05) is 20.4 Å². The molecular weight excluding hydrogens is 494 g/mol. The Morgan fingerprint density at radius 3 is 0.875 bits per heavy atom. The van der Waals surface area contributed by atoms with Crippen LogP contribution in [0.25, 0.3) is 0 Å². The first-order valence-electron chi connectivity index (χ1n) is 6.71. The van der Waals surface area contributed by atoms with E-state index in [2.05, 4.69) is 0 Å². The Labute approximate surface area is 156 Å². The van der Waals surface area contributed by atoms with Crippen molar-refractivity contribution in [2.75, 3.05) is 0 Å². The molecule has 6 heteroatoms. The molecule has 24 heavy (non-hydrogen) atoms.